The van der Waals surface area contributed by atoms with Gasteiger partial charge < -0.3 is 10.1 Å². The molecule has 0 aliphatic carbocycles. The Morgan fingerprint density at radius 3 is 2.70 bits per heavy atom. The Labute approximate surface area is 59.4 Å². The van der Waals surface area contributed by atoms with Crippen LogP contribution in [0.4, 0.5) is 13.2 Å². The quantitative estimate of drug-likeness (QED) is 0.644. The van der Waals surface area contributed by atoms with E-state index < -0.39 is 6.36 Å². The monoisotopic (exact) mass is 169 g/mol. The van der Waals surface area contributed by atoms with E-state index in [1.807, 2.05) is 0 Å². The molecular weight excluding hydrogens is 167 g/mol. The van der Waals surface area contributed by atoms with Crippen molar-refractivity contribution in [2.45, 2.75) is 6.36 Å². The second-order valence-corrected chi connectivity index (χ2v) is 2.05. The van der Waals surface area contributed by atoms with Crippen molar-refractivity contribution >= 4 is 11.8 Å². The molecule has 0 amide bonds. The molecule has 1 aliphatic rings. The standard InChI is InChI=1S/C4H2F3NOS/c5-4(6,7)9-3-1-10-2-8-3/h1,8H. The topological polar surface area (TPSA) is 21.3 Å². The van der Waals surface area contributed by atoms with Gasteiger partial charge in [-0.1, -0.05) is 11.8 Å². The zero-order valence-corrected chi connectivity index (χ0v) is 5.34. The summed E-state index contributed by atoms with van der Waals surface area (Å²) in [5, 5.41) is 3.32. The van der Waals surface area contributed by atoms with E-state index in [9.17, 15) is 13.2 Å². The molecule has 1 aliphatic heterocycles. The average Bonchev–Trinajstić information content (AvgIpc) is 2.12. The van der Waals surface area contributed by atoms with Gasteiger partial charge in [0.25, 0.3) is 0 Å². The van der Waals surface area contributed by atoms with Crippen molar-refractivity contribution in [1.29, 1.82) is 0 Å². The summed E-state index contributed by atoms with van der Waals surface area (Å²) < 4.78 is 37.6. The lowest BCUT2D eigenvalue weighted by Crippen LogP contribution is -2.18. The minimum Gasteiger partial charge on any atom is -0.390 e. The zero-order valence-electron chi connectivity index (χ0n) is 4.53. The Hall–Kier alpha value is -0.520. The molecule has 1 N–H and O–H groups in total. The van der Waals surface area contributed by atoms with Gasteiger partial charge in [0.05, 0.1) is 0 Å². The Balaban J connectivity index is 2.38. The third-order valence-corrected chi connectivity index (χ3v) is 1.18. The smallest absolute Gasteiger partial charge is 0.390 e. The van der Waals surface area contributed by atoms with Crippen LogP contribution in [0.1, 0.15) is 0 Å². The third kappa shape index (κ3) is 2.38. The third-order valence-electron chi connectivity index (χ3n) is 0.625. The van der Waals surface area contributed by atoms with E-state index in [4.69, 9.17) is 0 Å². The van der Waals surface area contributed by atoms with Crippen LogP contribution < -0.4 is 5.32 Å². The highest BCUT2D eigenvalue weighted by Crippen LogP contribution is 2.25. The molecule has 10 heavy (non-hydrogen) atoms. The minimum atomic E-state index is -4.62. The Kier molecular flexibility index (Phi) is 1.98. The number of ether oxygens (including phenoxy) is 1. The van der Waals surface area contributed by atoms with Crippen LogP contribution in [0.3, 0.4) is 0 Å². The van der Waals surface area contributed by atoms with Gasteiger partial charge >= 0.3 is 6.36 Å². The maximum absolute atomic E-state index is 11.4. The van der Waals surface area contributed by atoms with Crippen LogP contribution in [0.5, 0.6) is 0 Å². The molecule has 56 valence electrons. The van der Waals surface area contributed by atoms with Crippen molar-refractivity contribution in [3.63, 3.8) is 0 Å². The molecule has 0 saturated heterocycles. The van der Waals surface area contributed by atoms with Gasteiger partial charge in [0, 0.05) is 5.41 Å². The summed E-state index contributed by atoms with van der Waals surface area (Å²) in [6.07, 6.45) is -4.62. The predicted molar refractivity (Wildman–Crippen MR) is 29.2 cm³/mol. The lowest BCUT2D eigenvalue weighted by atomic mass is 10.9. The number of rotatable bonds is 1. The lowest BCUT2D eigenvalue weighted by molar-refractivity contribution is -0.307. The van der Waals surface area contributed by atoms with Gasteiger partial charge in [-0.3, -0.25) is 0 Å². The van der Waals surface area contributed by atoms with Gasteiger partial charge in [0.2, 0.25) is 5.88 Å². The van der Waals surface area contributed by atoms with Crippen molar-refractivity contribution in [1.82, 2.24) is 5.32 Å². The van der Waals surface area contributed by atoms with Crippen molar-refractivity contribution in [3.05, 3.63) is 17.2 Å². The molecule has 2 nitrogen and oxygen atoms in total. The molecule has 1 heterocycles. The molecule has 0 aromatic heterocycles. The fourth-order valence-electron chi connectivity index (χ4n) is 0.366. The summed E-state index contributed by atoms with van der Waals surface area (Å²) in [5.74, 6) is 2.01. The number of halogens is 3. The summed E-state index contributed by atoms with van der Waals surface area (Å²) in [6.45, 7) is 0. The Morgan fingerprint density at radius 2 is 2.30 bits per heavy atom. The summed E-state index contributed by atoms with van der Waals surface area (Å²) in [4.78, 5) is 0. The summed E-state index contributed by atoms with van der Waals surface area (Å²) in [6, 6.07) is 0. The molecule has 0 atom stereocenters. The highest BCUT2D eigenvalue weighted by molar-refractivity contribution is 8.04. The van der Waals surface area contributed by atoms with Gasteiger partial charge in [0.1, 0.15) is 0 Å². The first-order valence-corrected chi connectivity index (χ1v) is 3.08. The van der Waals surface area contributed by atoms with Crippen LogP contribution in [-0.4, -0.2) is 6.36 Å². The maximum Gasteiger partial charge on any atom is 0.574 e. The molecule has 0 bridgehead atoms. The van der Waals surface area contributed by atoms with Gasteiger partial charge in [-0.05, 0) is 0 Å². The molecule has 6 heteroatoms. The van der Waals surface area contributed by atoms with E-state index >= 15 is 0 Å². The second-order valence-electron chi connectivity index (χ2n) is 1.37. The van der Waals surface area contributed by atoms with E-state index in [2.05, 4.69) is 15.9 Å². The van der Waals surface area contributed by atoms with Crippen LogP contribution in [-0.2, 0) is 4.74 Å². The SMILES string of the molecule is FC(F)(F)OC1=CS[C]N1. The molecule has 0 fully saturated rings. The molecule has 0 aromatic carbocycles. The van der Waals surface area contributed by atoms with Crippen LogP contribution in [0, 0.1) is 5.88 Å². The van der Waals surface area contributed by atoms with Crippen LogP contribution in [0.15, 0.2) is 11.3 Å². The molecule has 0 spiro atoms. The Morgan fingerprint density at radius 1 is 1.60 bits per heavy atom. The number of alkyl halides is 3. The fraction of sp³-hybridized carbons (Fsp3) is 0.250. The van der Waals surface area contributed by atoms with E-state index in [1.165, 1.54) is 5.41 Å². The molecule has 0 unspecified atom stereocenters. The predicted octanol–water partition coefficient (Wildman–Crippen LogP) is 1.65. The Bertz CT molecular complexity index is 155. The fourth-order valence-corrected chi connectivity index (χ4v) is 0.799. The van der Waals surface area contributed by atoms with Crippen LogP contribution in [0.25, 0.3) is 0 Å². The molecule has 0 saturated carbocycles. The summed E-state index contributed by atoms with van der Waals surface area (Å²) in [7, 11) is 0. The minimum absolute atomic E-state index is 0.336. The number of thioether (sulfide) groups is 1. The normalized spacial score (nSPS) is 18.1. The van der Waals surface area contributed by atoms with Gasteiger partial charge in [-0.2, -0.15) is 0 Å². The first kappa shape index (κ1) is 7.59. The molecule has 2 radical (unpaired) electrons. The van der Waals surface area contributed by atoms with Crippen molar-refractivity contribution in [3.8, 4) is 0 Å². The highest BCUT2D eigenvalue weighted by Gasteiger charge is 2.32. The number of hydrogen-bond acceptors (Lipinski definition) is 3. The molecule has 0 aromatic rings. The number of hydrogen-bond donors (Lipinski definition) is 1. The van der Waals surface area contributed by atoms with Gasteiger partial charge in [0.15, 0.2) is 5.88 Å². The largest absolute Gasteiger partial charge is 0.574 e. The first-order valence-electron chi connectivity index (χ1n) is 2.20. The van der Waals surface area contributed by atoms with E-state index in [0.29, 0.717) is 0 Å². The van der Waals surface area contributed by atoms with E-state index in [1.54, 1.807) is 0 Å². The van der Waals surface area contributed by atoms with Crippen molar-refractivity contribution < 1.29 is 17.9 Å². The van der Waals surface area contributed by atoms with Crippen molar-refractivity contribution in [2.75, 3.05) is 0 Å². The maximum atomic E-state index is 11.4. The van der Waals surface area contributed by atoms with E-state index in [-0.39, 0.29) is 5.88 Å². The van der Waals surface area contributed by atoms with Crippen LogP contribution >= 0.6 is 11.8 Å². The summed E-state index contributed by atoms with van der Waals surface area (Å²) >= 11 is 0.975. The van der Waals surface area contributed by atoms with E-state index in [0.717, 1.165) is 11.8 Å². The summed E-state index contributed by atoms with van der Waals surface area (Å²) in [5.41, 5.74) is 0. The first-order chi connectivity index (χ1) is 4.58. The lowest BCUT2D eigenvalue weighted by Gasteiger charge is -2.08. The molecule has 1 rings (SSSR count). The average molecular weight is 169 g/mol. The second kappa shape index (κ2) is 2.61. The number of nitrogens with one attached hydrogen (secondary N) is 1. The van der Waals surface area contributed by atoms with Crippen molar-refractivity contribution in [2.24, 2.45) is 0 Å². The highest BCUT2D eigenvalue weighted by atomic mass is 32.2. The zero-order chi connectivity index (χ0) is 7.61. The molecular formula is C4H2F3NOS. The van der Waals surface area contributed by atoms with Gasteiger partial charge in [-0.15, -0.1) is 13.2 Å². The van der Waals surface area contributed by atoms with Gasteiger partial charge in [-0.25, -0.2) is 0 Å². The van der Waals surface area contributed by atoms with Crippen LogP contribution in [0.2, 0.25) is 0 Å².